The Bertz CT molecular complexity index is 1580. The molecule has 0 saturated carbocycles. The van der Waals surface area contributed by atoms with Crippen molar-refractivity contribution in [1.29, 1.82) is 0 Å². The normalized spacial score (nSPS) is 22.0. The van der Waals surface area contributed by atoms with Gasteiger partial charge in [0.1, 0.15) is 11.8 Å². The maximum Gasteiger partial charge on any atom is 0.308 e. The predicted molar refractivity (Wildman–Crippen MR) is 154 cm³/mol. The zero-order valence-corrected chi connectivity index (χ0v) is 24.2. The molecular formula is C29H29N3O7S2. The Morgan fingerprint density at radius 1 is 1.07 bits per heavy atom. The highest BCUT2D eigenvalue weighted by molar-refractivity contribution is 8.00. The number of aromatic nitrogens is 1. The van der Waals surface area contributed by atoms with Crippen molar-refractivity contribution in [1.82, 2.24) is 9.47 Å². The summed E-state index contributed by atoms with van der Waals surface area (Å²) in [6.45, 7) is 5.67. The van der Waals surface area contributed by atoms with Crippen LogP contribution in [0.5, 0.6) is 11.5 Å². The second kappa shape index (κ2) is 11.0. The average Bonchev–Trinajstić information content (AvgIpc) is 3.41. The van der Waals surface area contributed by atoms with Crippen LogP contribution < -0.4 is 14.5 Å². The number of carbonyl (C=O) groups excluding carboxylic acids is 3. The number of aryl methyl sites for hydroxylation is 1. The van der Waals surface area contributed by atoms with E-state index in [1.807, 2.05) is 19.1 Å². The number of carbonyl (C=O) groups is 3. The number of nitrogens with zero attached hydrogens (tertiary/aromatic N) is 3. The summed E-state index contributed by atoms with van der Waals surface area (Å²) in [5.41, 5.74) is 2.13. The SMILES string of the molecule is CCOc1cc(C2c3sc(=O)n(CC(=O)N4CCOCC4)c3SC3C(=O)N(c4ccc(C)cc4)C(=O)C32)ccc1O. The minimum Gasteiger partial charge on any atom is -0.504 e. The molecule has 10 nitrogen and oxygen atoms in total. The third-order valence-electron chi connectivity index (χ3n) is 7.64. The number of benzene rings is 2. The van der Waals surface area contributed by atoms with Crippen LogP contribution in [0.2, 0.25) is 0 Å². The predicted octanol–water partition coefficient (Wildman–Crippen LogP) is 2.98. The molecule has 3 amide bonds. The summed E-state index contributed by atoms with van der Waals surface area (Å²) in [5, 5.41) is 10.1. The summed E-state index contributed by atoms with van der Waals surface area (Å²) in [5.74, 6) is -2.15. The first-order valence-electron chi connectivity index (χ1n) is 13.4. The molecule has 3 aliphatic heterocycles. The number of phenolic OH excluding ortho intramolecular Hbond substituents is 1. The van der Waals surface area contributed by atoms with Crippen molar-refractivity contribution in [3.63, 3.8) is 0 Å². The Morgan fingerprint density at radius 3 is 2.51 bits per heavy atom. The fourth-order valence-electron chi connectivity index (χ4n) is 5.61. The first kappa shape index (κ1) is 27.6. The van der Waals surface area contributed by atoms with Gasteiger partial charge in [-0.15, -0.1) is 0 Å². The van der Waals surface area contributed by atoms with E-state index in [0.717, 1.165) is 16.9 Å². The molecule has 0 bridgehead atoms. The van der Waals surface area contributed by atoms with Gasteiger partial charge in [0, 0.05) is 23.9 Å². The summed E-state index contributed by atoms with van der Waals surface area (Å²) in [6, 6.07) is 12.1. The van der Waals surface area contributed by atoms with Gasteiger partial charge in [-0.25, -0.2) is 4.90 Å². The summed E-state index contributed by atoms with van der Waals surface area (Å²) in [6.07, 6.45) is 0. The number of aromatic hydroxyl groups is 1. The number of anilines is 1. The number of rotatable bonds is 6. The largest absolute Gasteiger partial charge is 0.504 e. The molecule has 12 heteroatoms. The van der Waals surface area contributed by atoms with Gasteiger partial charge in [0.15, 0.2) is 11.5 Å². The third-order valence-corrected chi connectivity index (χ3v) is 10.2. The van der Waals surface area contributed by atoms with Gasteiger partial charge in [-0.3, -0.25) is 23.7 Å². The smallest absolute Gasteiger partial charge is 0.308 e. The third kappa shape index (κ3) is 4.83. The number of hydrogen-bond acceptors (Lipinski definition) is 9. The molecule has 1 N–H and O–H groups in total. The molecule has 2 fully saturated rings. The van der Waals surface area contributed by atoms with E-state index in [4.69, 9.17) is 9.47 Å². The van der Waals surface area contributed by atoms with E-state index < -0.39 is 17.1 Å². The molecule has 1 aromatic heterocycles. The Hall–Kier alpha value is -3.61. The molecule has 214 valence electrons. The molecule has 0 aliphatic carbocycles. The molecule has 4 heterocycles. The number of thioether (sulfide) groups is 1. The average molecular weight is 596 g/mol. The van der Waals surface area contributed by atoms with Gasteiger partial charge in [0.25, 0.3) is 0 Å². The van der Waals surface area contributed by atoms with E-state index in [-0.39, 0.29) is 40.6 Å². The zero-order chi connectivity index (χ0) is 28.8. The molecule has 3 aromatic rings. The quantitative estimate of drug-likeness (QED) is 0.433. The molecule has 2 saturated heterocycles. The lowest BCUT2D eigenvalue weighted by Gasteiger charge is -2.31. The number of morpholine rings is 1. The molecule has 3 atom stereocenters. The number of amides is 3. The summed E-state index contributed by atoms with van der Waals surface area (Å²) in [4.78, 5) is 57.6. The number of phenols is 1. The van der Waals surface area contributed by atoms with Crippen LogP contribution in [0.1, 0.15) is 28.8 Å². The molecule has 0 spiro atoms. The van der Waals surface area contributed by atoms with Crippen LogP contribution in [-0.4, -0.2) is 70.5 Å². The lowest BCUT2D eigenvalue weighted by atomic mass is 9.83. The molecule has 3 unspecified atom stereocenters. The van der Waals surface area contributed by atoms with Crippen molar-refractivity contribution in [2.24, 2.45) is 5.92 Å². The van der Waals surface area contributed by atoms with Crippen molar-refractivity contribution in [3.8, 4) is 11.5 Å². The maximum atomic E-state index is 14.0. The van der Waals surface area contributed by atoms with Crippen molar-refractivity contribution in [3.05, 3.63) is 68.1 Å². The van der Waals surface area contributed by atoms with Crippen molar-refractivity contribution >= 4 is 46.5 Å². The Morgan fingerprint density at radius 2 is 1.80 bits per heavy atom. The molecule has 0 radical (unpaired) electrons. The van der Waals surface area contributed by atoms with Crippen LogP contribution in [0.15, 0.2) is 52.3 Å². The Kier molecular flexibility index (Phi) is 7.39. The zero-order valence-electron chi connectivity index (χ0n) is 22.6. The monoisotopic (exact) mass is 595 g/mol. The van der Waals surface area contributed by atoms with Gasteiger partial charge >= 0.3 is 4.87 Å². The van der Waals surface area contributed by atoms with Crippen molar-refractivity contribution in [2.75, 3.05) is 37.8 Å². The first-order chi connectivity index (χ1) is 19.8. The highest BCUT2D eigenvalue weighted by Crippen LogP contribution is 2.54. The highest BCUT2D eigenvalue weighted by atomic mass is 32.2. The van der Waals surface area contributed by atoms with Gasteiger partial charge in [-0.1, -0.05) is 46.9 Å². The molecule has 6 rings (SSSR count). The van der Waals surface area contributed by atoms with E-state index in [1.54, 1.807) is 36.1 Å². The van der Waals surface area contributed by atoms with Gasteiger partial charge in [-0.05, 0) is 43.7 Å². The number of hydrogen-bond donors (Lipinski definition) is 1. The van der Waals surface area contributed by atoms with Crippen LogP contribution in [-0.2, 0) is 25.7 Å². The molecular weight excluding hydrogens is 566 g/mol. The van der Waals surface area contributed by atoms with Gasteiger partial charge in [0.2, 0.25) is 17.7 Å². The fraction of sp³-hybridized carbons (Fsp3) is 0.379. The second-order valence-electron chi connectivity index (χ2n) is 10.2. The van der Waals surface area contributed by atoms with Crippen LogP contribution in [0, 0.1) is 12.8 Å². The summed E-state index contributed by atoms with van der Waals surface area (Å²) >= 11 is 2.17. The van der Waals surface area contributed by atoms with E-state index in [9.17, 15) is 24.3 Å². The van der Waals surface area contributed by atoms with Crippen molar-refractivity contribution in [2.45, 2.75) is 36.6 Å². The standard InChI is InChI=1S/C29H29N3O7S2/c1-3-39-20-14-17(6-9-19(20)33)22-23-24(27(36)32(26(23)35)18-7-4-16(2)5-8-18)40-28-25(22)41-29(37)31(28)15-21(34)30-10-12-38-13-11-30/h4-9,14,22-24,33H,3,10-13,15H2,1-2H3. The number of fused-ring (bicyclic) bond motifs is 2. The number of ether oxygens (including phenoxy) is 2. The van der Waals surface area contributed by atoms with Gasteiger partial charge < -0.3 is 19.5 Å². The van der Waals surface area contributed by atoms with Crippen LogP contribution in [0.4, 0.5) is 5.69 Å². The topological polar surface area (TPSA) is 118 Å². The minimum atomic E-state index is -0.801. The summed E-state index contributed by atoms with van der Waals surface area (Å²) < 4.78 is 12.4. The molecule has 2 aromatic carbocycles. The van der Waals surface area contributed by atoms with Crippen LogP contribution in [0.3, 0.4) is 0 Å². The lowest BCUT2D eigenvalue weighted by Crippen LogP contribution is -2.43. The Labute approximate surface area is 244 Å². The summed E-state index contributed by atoms with van der Waals surface area (Å²) in [7, 11) is 0. The van der Waals surface area contributed by atoms with Crippen LogP contribution >= 0.6 is 23.1 Å². The van der Waals surface area contributed by atoms with E-state index in [2.05, 4.69) is 0 Å². The fourth-order valence-corrected chi connectivity index (χ4v) is 8.38. The van der Waals surface area contributed by atoms with Crippen LogP contribution in [0.25, 0.3) is 0 Å². The van der Waals surface area contributed by atoms with E-state index in [0.29, 0.717) is 54.1 Å². The second-order valence-corrected chi connectivity index (χ2v) is 12.3. The van der Waals surface area contributed by atoms with E-state index >= 15 is 0 Å². The Balaban J connectivity index is 1.45. The van der Waals surface area contributed by atoms with Gasteiger partial charge in [-0.2, -0.15) is 0 Å². The van der Waals surface area contributed by atoms with Crippen molar-refractivity contribution < 1.29 is 29.0 Å². The van der Waals surface area contributed by atoms with Gasteiger partial charge in [0.05, 0.1) is 36.5 Å². The maximum absolute atomic E-state index is 14.0. The van der Waals surface area contributed by atoms with E-state index in [1.165, 1.54) is 27.3 Å². The number of imide groups is 1. The minimum absolute atomic E-state index is 0.0467. The first-order valence-corrected chi connectivity index (χ1v) is 15.1. The highest BCUT2D eigenvalue weighted by Gasteiger charge is 2.57. The molecule has 41 heavy (non-hydrogen) atoms. The molecule has 3 aliphatic rings. The number of thiazole rings is 1. The lowest BCUT2D eigenvalue weighted by molar-refractivity contribution is -0.136.